The van der Waals surface area contributed by atoms with Crippen LogP contribution >= 0.6 is 0 Å². The fraction of sp³-hybridized carbons (Fsp3) is 0.333. The lowest BCUT2D eigenvalue weighted by molar-refractivity contribution is -0.113. The molecule has 60 valence electrons. The van der Waals surface area contributed by atoms with E-state index in [-0.39, 0.29) is 5.78 Å². The Kier molecular flexibility index (Phi) is 4.99. The quantitative estimate of drug-likeness (QED) is 0.373. The third kappa shape index (κ3) is 4.25. The Bertz CT molecular complexity index is 202. The largest absolute Gasteiger partial charge is 0.309 e. The van der Waals surface area contributed by atoms with Crippen LogP contribution in [-0.2, 0) is 4.79 Å². The number of hydrogen-bond donors (Lipinski definition) is 1. The summed E-state index contributed by atoms with van der Waals surface area (Å²) in [7, 11) is 0. The minimum Gasteiger partial charge on any atom is -0.309 e. The zero-order valence-electron chi connectivity index (χ0n) is 6.92. The molecular formula is C9H13NO. The molecule has 0 saturated heterocycles. The van der Waals surface area contributed by atoms with E-state index in [1.807, 2.05) is 13.0 Å². The van der Waals surface area contributed by atoms with Crippen molar-refractivity contribution in [3.63, 3.8) is 0 Å². The molecule has 11 heavy (non-hydrogen) atoms. The number of carbonyl (C=O) groups excluding carboxylic acids is 1. The molecule has 0 aliphatic rings. The summed E-state index contributed by atoms with van der Waals surface area (Å²) in [5.41, 5.74) is 0.585. The summed E-state index contributed by atoms with van der Waals surface area (Å²) in [4.78, 5) is 10.8. The summed E-state index contributed by atoms with van der Waals surface area (Å²) in [6.45, 7) is 3.49. The highest BCUT2D eigenvalue weighted by Gasteiger charge is 1.95. The number of rotatable bonds is 4. The minimum absolute atomic E-state index is 0.00167. The molecule has 0 spiro atoms. The van der Waals surface area contributed by atoms with Gasteiger partial charge in [-0.05, 0) is 19.4 Å². The monoisotopic (exact) mass is 151 g/mol. The van der Waals surface area contributed by atoms with Gasteiger partial charge in [0.2, 0.25) is 0 Å². The normalized spacial score (nSPS) is 12.0. The molecule has 0 unspecified atom stereocenters. The topological polar surface area (TPSA) is 40.9 Å². The van der Waals surface area contributed by atoms with Crippen molar-refractivity contribution in [1.29, 1.82) is 5.41 Å². The summed E-state index contributed by atoms with van der Waals surface area (Å²) in [5, 5.41) is 6.77. The molecule has 0 aliphatic heterocycles. The molecule has 0 atom stereocenters. The van der Waals surface area contributed by atoms with Crippen LogP contribution in [0, 0.1) is 5.41 Å². The fourth-order valence-electron chi connectivity index (χ4n) is 0.625. The highest BCUT2D eigenvalue weighted by atomic mass is 16.1. The highest BCUT2D eigenvalue weighted by molar-refractivity contribution is 5.99. The molecule has 0 amide bonds. The number of hydrogen-bond acceptors (Lipinski definition) is 2. The summed E-state index contributed by atoms with van der Waals surface area (Å²) >= 11 is 0. The van der Waals surface area contributed by atoms with Crippen molar-refractivity contribution in [2.24, 2.45) is 0 Å². The first-order valence-electron chi connectivity index (χ1n) is 3.60. The fourth-order valence-corrected chi connectivity index (χ4v) is 0.625. The molecule has 0 rings (SSSR count). The van der Waals surface area contributed by atoms with Gasteiger partial charge in [0.25, 0.3) is 0 Å². The van der Waals surface area contributed by atoms with Gasteiger partial charge in [-0.2, -0.15) is 0 Å². The van der Waals surface area contributed by atoms with E-state index in [4.69, 9.17) is 5.41 Å². The van der Waals surface area contributed by atoms with Gasteiger partial charge in [0, 0.05) is 11.8 Å². The standard InChI is InChI=1S/C9H13NO/c1-3-4-5-9(6-7-10)8(2)11/h4-7,10H,3H2,1-2H3/b5-4-,9-6+,10-7?. The van der Waals surface area contributed by atoms with Gasteiger partial charge >= 0.3 is 0 Å². The Balaban J connectivity index is 4.35. The zero-order valence-corrected chi connectivity index (χ0v) is 6.92. The maximum Gasteiger partial charge on any atom is 0.159 e. The van der Waals surface area contributed by atoms with Crippen LogP contribution in [0.15, 0.2) is 23.8 Å². The molecule has 0 radical (unpaired) electrons. The van der Waals surface area contributed by atoms with Gasteiger partial charge in [0.1, 0.15) is 0 Å². The summed E-state index contributed by atoms with van der Waals surface area (Å²) in [6, 6.07) is 0. The average Bonchev–Trinajstić information content (AvgIpc) is 1.97. The molecule has 0 aromatic heterocycles. The molecule has 0 aromatic carbocycles. The van der Waals surface area contributed by atoms with Gasteiger partial charge in [0.15, 0.2) is 5.78 Å². The van der Waals surface area contributed by atoms with Crippen LogP contribution in [0.25, 0.3) is 0 Å². The molecule has 0 bridgehead atoms. The van der Waals surface area contributed by atoms with E-state index in [0.717, 1.165) is 12.6 Å². The summed E-state index contributed by atoms with van der Waals surface area (Å²) < 4.78 is 0. The first kappa shape index (κ1) is 9.82. The second kappa shape index (κ2) is 5.59. The van der Waals surface area contributed by atoms with Gasteiger partial charge in [-0.1, -0.05) is 19.1 Å². The van der Waals surface area contributed by atoms with Crippen LogP contribution in [-0.4, -0.2) is 12.0 Å². The third-order valence-electron chi connectivity index (χ3n) is 1.20. The number of Topliss-reactive ketones (excluding diaryl/α,β-unsaturated/α-hetero) is 1. The second-order valence-corrected chi connectivity index (χ2v) is 2.16. The summed E-state index contributed by atoms with van der Waals surface area (Å²) in [6.07, 6.45) is 7.16. The van der Waals surface area contributed by atoms with Gasteiger partial charge in [-0.3, -0.25) is 4.79 Å². The molecule has 1 N–H and O–H groups in total. The van der Waals surface area contributed by atoms with Crippen LogP contribution in [0.3, 0.4) is 0 Å². The Labute approximate surface area is 67.1 Å². The maximum absolute atomic E-state index is 10.8. The highest BCUT2D eigenvalue weighted by Crippen LogP contribution is 1.98. The molecule has 2 nitrogen and oxygen atoms in total. The molecule has 0 aliphatic carbocycles. The molecule has 2 heteroatoms. The van der Waals surface area contributed by atoms with Crippen LogP contribution in [0.5, 0.6) is 0 Å². The van der Waals surface area contributed by atoms with E-state index in [2.05, 4.69) is 0 Å². The summed E-state index contributed by atoms with van der Waals surface area (Å²) in [5.74, 6) is -0.00167. The molecule has 0 aromatic rings. The van der Waals surface area contributed by atoms with E-state index in [9.17, 15) is 4.79 Å². The first-order chi connectivity index (χ1) is 5.22. The molecule has 0 fully saturated rings. The van der Waals surface area contributed by atoms with E-state index in [0.29, 0.717) is 5.57 Å². The lowest BCUT2D eigenvalue weighted by atomic mass is 10.1. The van der Waals surface area contributed by atoms with Gasteiger partial charge in [-0.15, -0.1) is 0 Å². The van der Waals surface area contributed by atoms with Crippen LogP contribution in [0.2, 0.25) is 0 Å². The number of ketones is 1. The van der Waals surface area contributed by atoms with E-state index in [1.54, 1.807) is 6.08 Å². The lowest BCUT2D eigenvalue weighted by Crippen LogP contribution is -1.92. The van der Waals surface area contributed by atoms with Gasteiger partial charge < -0.3 is 5.41 Å². The van der Waals surface area contributed by atoms with E-state index in [1.165, 1.54) is 13.0 Å². The Morgan fingerprint density at radius 2 is 2.18 bits per heavy atom. The van der Waals surface area contributed by atoms with E-state index < -0.39 is 0 Å². The second-order valence-electron chi connectivity index (χ2n) is 2.16. The Hall–Kier alpha value is -1.18. The van der Waals surface area contributed by atoms with Crippen molar-refractivity contribution in [2.75, 3.05) is 0 Å². The predicted molar refractivity (Wildman–Crippen MR) is 47.0 cm³/mol. The Morgan fingerprint density at radius 1 is 1.55 bits per heavy atom. The van der Waals surface area contributed by atoms with Gasteiger partial charge in [0.05, 0.1) is 0 Å². The van der Waals surface area contributed by atoms with Crippen molar-refractivity contribution in [3.8, 4) is 0 Å². The molecular weight excluding hydrogens is 138 g/mol. The number of carbonyl (C=O) groups is 1. The van der Waals surface area contributed by atoms with Crippen molar-refractivity contribution in [3.05, 3.63) is 23.8 Å². The maximum atomic E-state index is 10.8. The number of allylic oxidation sites excluding steroid dienone is 4. The van der Waals surface area contributed by atoms with Crippen molar-refractivity contribution in [1.82, 2.24) is 0 Å². The van der Waals surface area contributed by atoms with Crippen LogP contribution in [0.4, 0.5) is 0 Å². The number of nitrogens with one attached hydrogen (secondary N) is 1. The van der Waals surface area contributed by atoms with E-state index >= 15 is 0 Å². The van der Waals surface area contributed by atoms with Crippen LogP contribution in [0.1, 0.15) is 20.3 Å². The Morgan fingerprint density at radius 3 is 2.55 bits per heavy atom. The average molecular weight is 151 g/mol. The lowest BCUT2D eigenvalue weighted by Gasteiger charge is -1.91. The zero-order chi connectivity index (χ0) is 8.69. The van der Waals surface area contributed by atoms with Crippen molar-refractivity contribution < 1.29 is 4.79 Å². The van der Waals surface area contributed by atoms with Crippen LogP contribution < -0.4 is 0 Å². The predicted octanol–water partition coefficient (Wildman–Crippen LogP) is 2.12. The van der Waals surface area contributed by atoms with Gasteiger partial charge in [-0.25, -0.2) is 0 Å². The molecule has 0 heterocycles. The SMILES string of the molecule is CC/C=C\C(=C/C=N)C(C)=O. The van der Waals surface area contributed by atoms with Crippen molar-refractivity contribution in [2.45, 2.75) is 20.3 Å². The molecule has 0 saturated carbocycles. The minimum atomic E-state index is -0.00167. The first-order valence-corrected chi connectivity index (χ1v) is 3.60. The smallest absolute Gasteiger partial charge is 0.159 e. The van der Waals surface area contributed by atoms with Crippen molar-refractivity contribution >= 4 is 12.0 Å². The third-order valence-corrected chi connectivity index (χ3v) is 1.20.